The lowest BCUT2D eigenvalue weighted by Crippen LogP contribution is -2.42. The monoisotopic (exact) mass is 299 g/mol. The molecular formula is C18H25N3O. The second-order valence-corrected chi connectivity index (χ2v) is 6.87. The molecule has 1 aromatic carbocycles. The molecule has 0 bridgehead atoms. The zero-order valence-corrected chi connectivity index (χ0v) is 13.1. The average molecular weight is 299 g/mol. The van der Waals surface area contributed by atoms with E-state index in [0.29, 0.717) is 6.04 Å². The summed E-state index contributed by atoms with van der Waals surface area (Å²) in [5.41, 5.74) is 2.70. The van der Waals surface area contributed by atoms with E-state index < -0.39 is 0 Å². The van der Waals surface area contributed by atoms with E-state index in [4.69, 9.17) is 0 Å². The predicted molar refractivity (Wildman–Crippen MR) is 86.8 cm³/mol. The molecule has 1 N–H and O–H groups in total. The highest BCUT2D eigenvalue weighted by atomic mass is 16.2. The van der Waals surface area contributed by atoms with Crippen LogP contribution < -0.4 is 5.32 Å². The molecule has 1 aliphatic carbocycles. The molecule has 4 heteroatoms. The highest BCUT2D eigenvalue weighted by Crippen LogP contribution is 2.31. The van der Waals surface area contributed by atoms with Gasteiger partial charge in [0.25, 0.3) is 0 Å². The molecule has 2 amide bonds. The van der Waals surface area contributed by atoms with Gasteiger partial charge in [0.05, 0.1) is 6.04 Å². The molecule has 22 heavy (non-hydrogen) atoms. The van der Waals surface area contributed by atoms with E-state index in [9.17, 15) is 4.79 Å². The number of amides is 2. The fourth-order valence-corrected chi connectivity index (χ4v) is 4.28. The summed E-state index contributed by atoms with van der Waals surface area (Å²) < 4.78 is 0. The number of likely N-dealkylation sites (tertiary alicyclic amines) is 2. The van der Waals surface area contributed by atoms with Crippen LogP contribution in [0.1, 0.15) is 42.9 Å². The summed E-state index contributed by atoms with van der Waals surface area (Å²) in [6, 6.07) is 9.42. The van der Waals surface area contributed by atoms with Crippen LogP contribution >= 0.6 is 0 Å². The maximum atomic E-state index is 12.6. The van der Waals surface area contributed by atoms with Gasteiger partial charge in [-0.25, -0.2) is 4.79 Å². The van der Waals surface area contributed by atoms with Crippen molar-refractivity contribution in [1.82, 2.24) is 15.1 Å². The van der Waals surface area contributed by atoms with Crippen molar-refractivity contribution in [3.05, 3.63) is 35.4 Å². The first-order valence-electron chi connectivity index (χ1n) is 8.68. The number of aryl methyl sites for hydroxylation is 1. The minimum absolute atomic E-state index is 0.128. The van der Waals surface area contributed by atoms with Gasteiger partial charge in [-0.2, -0.15) is 0 Å². The molecular weight excluding hydrogens is 274 g/mol. The van der Waals surface area contributed by atoms with E-state index in [1.165, 1.54) is 37.1 Å². The van der Waals surface area contributed by atoms with Crippen molar-refractivity contribution in [1.29, 1.82) is 0 Å². The van der Waals surface area contributed by atoms with Gasteiger partial charge in [0.15, 0.2) is 0 Å². The van der Waals surface area contributed by atoms with Crippen molar-refractivity contribution in [2.45, 2.75) is 44.2 Å². The number of hydrogen-bond acceptors (Lipinski definition) is 2. The third-order valence-corrected chi connectivity index (χ3v) is 5.54. The third kappa shape index (κ3) is 2.60. The van der Waals surface area contributed by atoms with Crippen LogP contribution in [0.4, 0.5) is 4.79 Å². The summed E-state index contributed by atoms with van der Waals surface area (Å²) in [5, 5.41) is 3.26. The van der Waals surface area contributed by atoms with Gasteiger partial charge in [-0.15, -0.1) is 0 Å². The number of carbonyl (C=O) groups is 1. The Morgan fingerprint density at radius 1 is 1.09 bits per heavy atom. The summed E-state index contributed by atoms with van der Waals surface area (Å²) >= 11 is 0. The van der Waals surface area contributed by atoms with Crippen LogP contribution in [0.2, 0.25) is 0 Å². The smallest absolute Gasteiger partial charge is 0.317 e. The zero-order chi connectivity index (χ0) is 14.9. The normalized spacial score (nSPS) is 28.1. The van der Waals surface area contributed by atoms with E-state index in [2.05, 4.69) is 34.5 Å². The Bertz CT molecular complexity index is 553. The molecule has 0 spiro atoms. The van der Waals surface area contributed by atoms with Crippen molar-refractivity contribution >= 4 is 6.03 Å². The molecule has 4 nitrogen and oxygen atoms in total. The van der Waals surface area contributed by atoms with Crippen LogP contribution in [0.25, 0.3) is 0 Å². The summed E-state index contributed by atoms with van der Waals surface area (Å²) in [5.74, 6) is 0. The van der Waals surface area contributed by atoms with Gasteiger partial charge in [-0.05, 0) is 56.3 Å². The van der Waals surface area contributed by atoms with E-state index in [1.807, 2.05) is 4.90 Å². The number of benzene rings is 1. The van der Waals surface area contributed by atoms with Crippen LogP contribution in [0.15, 0.2) is 24.3 Å². The summed E-state index contributed by atoms with van der Waals surface area (Å²) in [6.45, 7) is 4.24. The average Bonchev–Trinajstić information content (AvgIpc) is 3.28. The molecule has 2 heterocycles. The summed E-state index contributed by atoms with van der Waals surface area (Å²) in [6.07, 6.45) is 5.89. The molecule has 2 fully saturated rings. The topological polar surface area (TPSA) is 35.6 Å². The summed E-state index contributed by atoms with van der Waals surface area (Å²) in [4.78, 5) is 17.2. The number of rotatable bonds is 2. The largest absolute Gasteiger partial charge is 0.331 e. The van der Waals surface area contributed by atoms with Crippen molar-refractivity contribution in [3.63, 3.8) is 0 Å². The SMILES string of the molecule is O=C(N[C@H]1CCc2ccccc21)N1CC[C@@H](N2CCCC2)C1. The van der Waals surface area contributed by atoms with Crippen LogP contribution in [0.3, 0.4) is 0 Å². The maximum Gasteiger partial charge on any atom is 0.317 e. The highest BCUT2D eigenvalue weighted by Gasteiger charge is 2.33. The molecule has 0 unspecified atom stereocenters. The lowest BCUT2D eigenvalue weighted by molar-refractivity contribution is 0.195. The molecule has 2 atom stereocenters. The lowest BCUT2D eigenvalue weighted by atomic mass is 10.1. The maximum absolute atomic E-state index is 12.6. The molecule has 2 aliphatic heterocycles. The molecule has 3 aliphatic rings. The molecule has 0 aromatic heterocycles. The van der Waals surface area contributed by atoms with Gasteiger partial charge >= 0.3 is 6.03 Å². The number of fused-ring (bicyclic) bond motifs is 1. The Morgan fingerprint density at radius 2 is 1.91 bits per heavy atom. The minimum atomic E-state index is 0.128. The van der Waals surface area contributed by atoms with Gasteiger partial charge < -0.3 is 10.2 Å². The first kappa shape index (κ1) is 14.1. The zero-order valence-electron chi connectivity index (χ0n) is 13.1. The number of urea groups is 1. The first-order valence-corrected chi connectivity index (χ1v) is 8.68. The van der Waals surface area contributed by atoms with E-state index in [1.54, 1.807) is 0 Å². The van der Waals surface area contributed by atoms with Gasteiger partial charge in [-0.3, -0.25) is 4.90 Å². The Kier molecular flexibility index (Phi) is 3.78. The van der Waals surface area contributed by atoms with Crippen molar-refractivity contribution in [3.8, 4) is 0 Å². The van der Waals surface area contributed by atoms with E-state index in [0.717, 1.165) is 32.4 Å². The standard InChI is InChI=1S/C18H25N3O/c22-18(19-17-8-7-14-5-1-2-6-16(14)17)21-12-9-15(13-21)20-10-3-4-11-20/h1-2,5-6,15,17H,3-4,7-13H2,(H,19,22)/t15-,17+/m1/s1. The van der Waals surface area contributed by atoms with Gasteiger partial charge in [0, 0.05) is 19.1 Å². The molecule has 118 valence electrons. The second-order valence-electron chi connectivity index (χ2n) is 6.87. The second kappa shape index (κ2) is 5.92. The van der Waals surface area contributed by atoms with Crippen LogP contribution in [-0.4, -0.2) is 48.1 Å². The van der Waals surface area contributed by atoms with Crippen LogP contribution in [0.5, 0.6) is 0 Å². The molecule has 2 saturated heterocycles. The lowest BCUT2D eigenvalue weighted by Gasteiger charge is -2.24. The quantitative estimate of drug-likeness (QED) is 0.911. The van der Waals surface area contributed by atoms with Crippen molar-refractivity contribution in [2.75, 3.05) is 26.2 Å². The van der Waals surface area contributed by atoms with Gasteiger partial charge in [-0.1, -0.05) is 24.3 Å². The van der Waals surface area contributed by atoms with E-state index >= 15 is 0 Å². The fraction of sp³-hybridized carbons (Fsp3) is 0.611. The predicted octanol–water partition coefficient (Wildman–Crippen LogP) is 2.55. The van der Waals surface area contributed by atoms with Gasteiger partial charge in [0.2, 0.25) is 0 Å². The molecule has 1 aromatic rings. The van der Waals surface area contributed by atoms with Crippen LogP contribution in [0, 0.1) is 0 Å². The van der Waals surface area contributed by atoms with Crippen molar-refractivity contribution < 1.29 is 4.79 Å². The van der Waals surface area contributed by atoms with E-state index in [-0.39, 0.29) is 12.1 Å². The number of nitrogens with one attached hydrogen (secondary N) is 1. The Labute approximate surface area is 132 Å². The molecule has 0 radical (unpaired) electrons. The Hall–Kier alpha value is -1.55. The van der Waals surface area contributed by atoms with Gasteiger partial charge in [0.1, 0.15) is 0 Å². The Balaban J connectivity index is 1.35. The molecule has 4 rings (SSSR count). The Morgan fingerprint density at radius 3 is 2.77 bits per heavy atom. The fourth-order valence-electron chi connectivity index (χ4n) is 4.28. The highest BCUT2D eigenvalue weighted by molar-refractivity contribution is 5.75. The number of nitrogens with zero attached hydrogens (tertiary/aromatic N) is 2. The van der Waals surface area contributed by atoms with Crippen molar-refractivity contribution in [2.24, 2.45) is 0 Å². The summed E-state index contributed by atoms with van der Waals surface area (Å²) in [7, 11) is 0. The minimum Gasteiger partial charge on any atom is -0.331 e. The van der Waals surface area contributed by atoms with Crippen LogP contribution in [-0.2, 0) is 6.42 Å². The third-order valence-electron chi connectivity index (χ3n) is 5.54. The number of carbonyl (C=O) groups excluding carboxylic acids is 1. The number of hydrogen-bond donors (Lipinski definition) is 1. The molecule has 0 saturated carbocycles. The first-order chi connectivity index (χ1) is 10.8.